The molecule has 0 fully saturated rings. The minimum absolute atomic E-state index is 1.32. The summed E-state index contributed by atoms with van der Waals surface area (Å²) < 4.78 is 0. The van der Waals surface area contributed by atoms with Crippen LogP contribution in [0.25, 0.3) is 0 Å². The SMILES string of the molecule is CCCCCCCCCCCCCCCCCC[NH+](CCCCCCCCCCCCCCCCCC)c1ccc(C)cc1. The summed E-state index contributed by atoms with van der Waals surface area (Å²) in [5, 5.41) is 0. The topological polar surface area (TPSA) is 4.44 Å². The zero-order valence-electron chi connectivity index (χ0n) is 30.9. The van der Waals surface area contributed by atoms with Gasteiger partial charge in [-0.05, 0) is 44.7 Å². The highest BCUT2D eigenvalue weighted by atomic mass is 15.1. The minimum Gasteiger partial charge on any atom is -0.302 e. The molecule has 0 aliphatic carbocycles. The molecule has 1 nitrogen and oxygen atoms in total. The van der Waals surface area contributed by atoms with Gasteiger partial charge in [0.25, 0.3) is 0 Å². The van der Waals surface area contributed by atoms with Crippen LogP contribution in [0.1, 0.15) is 225 Å². The second kappa shape index (κ2) is 33.5. The number of hydrogen-bond donors (Lipinski definition) is 1. The van der Waals surface area contributed by atoms with Crippen LogP contribution in [0, 0.1) is 6.92 Å². The van der Waals surface area contributed by atoms with Crippen molar-refractivity contribution in [2.24, 2.45) is 0 Å². The largest absolute Gasteiger partial charge is 0.302 e. The fourth-order valence-electron chi connectivity index (χ4n) is 6.98. The van der Waals surface area contributed by atoms with Crippen molar-refractivity contribution < 1.29 is 4.90 Å². The van der Waals surface area contributed by atoms with Gasteiger partial charge in [-0.3, -0.25) is 0 Å². The molecule has 1 rings (SSSR count). The van der Waals surface area contributed by atoms with Crippen LogP contribution in [0.2, 0.25) is 0 Å². The predicted molar refractivity (Wildman–Crippen MR) is 201 cm³/mol. The van der Waals surface area contributed by atoms with Crippen LogP contribution in [0.4, 0.5) is 5.69 Å². The quantitative estimate of drug-likeness (QED) is 0.0727. The summed E-state index contributed by atoms with van der Waals surface area (Å²) in [5.41, 5.74) is 2.91. The average Bonchev–Trinajstić information content (AvgIpc) is 3.03. The van der Waals surface area contributed by atoms with Crippen LogP contribution in [0.15, 0.2) is 24.3 Å². The van der Waals surface area contributed by atoms with Crippen molar-refractivity contribution in [1.29, 1.82) is 0 Å². The molecule has 258 valence electrons. The molecule has 0 heterocycles. The van der Waals surface area contributed by atoms with Gasteiger partial charge in [0.2, 0.25) is 0 Å². The lowest BCUT2D eigenvalue weighted by molar-refractivity contribution is -0.833. The summed E-state index contributed by atoms with van der Waals surface area (Å²) in [4.78, 5) is 1.74. The maximum absolute atomic E-state index is 2.39. The van der Waals surface area contributed by atoms with Crippen LogP contribution in [-0.4, -0.2) is 13.1 Å². The van der Waals surface area contributed by atoms with Crippen LogP contribution in [-0.2, 0) is 0 Å². The Hall–Kier alpha value is -0.820. The maximum atomic E-state index is 2.39. The summed E-state index contributed by atoms with van der Waals surface area (Å²) in [7, 11) is 0. The van der Waals surface area contributed by atoms with E-state index in [4.69, 9.17) is 0 Å². The highest BCUT2D eigenvalue weighted by molar-refractivity contribution is 5.31. The van der Waals surface area contributed by atoms with E-state index in [0.29, 0.717) is 0 Å². The van der Waals surface area contributed by atoms with E-state index in [2.05, 4.69) is 45.0 Å². The molecule has 1 aromatic rings. The van der Waals surface area contributed by atoms with E-state index in [-0.39, 0.29) is 0 Å². The molecule has 1 heteroatoms. The van der Waals surface area contributed by atoms with E-state index in [1.807, 2.05) is 0 Å². The molecule has 44 heavy (non-hydrogen) atoms. The van der Waals surface area contributed by atoms with Gasteiger partial charge < -0.3 is 4.90 Å². The van der Waals surface area contributed by atoms with Crippen LogP contribution in [0.5, 0.6) is 0 Å². The van der Waals surface area contributed by atoms with Gasteiger partial charge in [0.15, 0.2) is 0 Å². The van der Waals surface area contributed by atoms with Gasteiger partial charge in [0.05, 0.1) is 13.1 Å². The van der Waals surface area contributed by atoms with Gasteiger partial charge in [-0.2, -0.15) is 0 Å². The number of aryl methyl sites for hydroxylation is 1. The third kappa shape index (κ3) is 27.5. The molecule has 0 saturated heterocycles. The number of benzene rings is 1. The fraction of sp³-hybridized carbons (Fsp3) is 0.860. The van der Waals surface area contributed by atoms with Crippen LogP contribution >= 0.6 is 0 Å². The lowest BCUT2D eigenvalue weighted by atomic mass is 10.0. The average molecular weight is 613 g/mol. The molecule has 0 bridgehead atoms. The summed E-state index contributed by atoms with van der Waals surface area (Å²) in [6.45, 7) is 9.48. The van der Waals surface area contributed by atoms with Gasteiger partial charge in [0, 0.05) is 0 Å². The van der Waals surface area contributed by atoms with Crippen molar-refractivity contribution in [2.75, 3.05) is 13.1 Å². The Morgan fingerprint density at radius 3 is 0.795 bits per heavy atom. The van der Waals surface area contributed by atoms with Crippen molar-refractivity contribution in [2.45, 2.75) is 226 Å². The monoisotopic (exact) mass is 613 g/mol. The Bertz CT molecular complexity index is 628. The highest BCUT2D eigenvalue weighted by Crippen LogP contribution is 2.15. The van der Waals surface area contributed by atoms with E-state index in [1.54, 1.807) is 4.90 Å². The second-order valence-electron chi connectivity index (χ2n) is 14.6. The molecule has 0 radical (unpaired) electrons. The fourth-order valence-corrected chi connectivity index (χ4v) is 6.98. The number of unbranched alkanes of at least 4 members (excludes halogenated alkanes) is 30. The van der Waals surface area contributed by atoms with Gasteiger partial charge in [-0.1, -0.05) is 211 Å². The molecule has 0 saturated carbocycles. The molecule has 0 unspecified atom stereocenters. The maximum Gasteiger partial charge on any atom is 0.131 e. The summed E-state index contributed by atoms with van der Waals surface area (Å²) >= 11 is 0. The summed E-state index contributed by atoms with van der Waals surface area (Å²) in [6, 6.07) is 9.42. The zero-order chi connectivity index (χ0) is 31.6. The molecule has 0 atom stereocenters. The van der Waals surface area contributed by atoms with E-state index < -0.39 is 0 Å². The lowest BCUT2D eigenvalue weighted by Gasteiger charge is -2.19. The zero-order valence-corrected chi connectivity index (χ0v) is 30.9. The first-order valence-electron chi connectivity index (χ1n) is 20.7. The number of hydrogen-bond acceptors (Lipinski definition) is 0. The standard InChI is InChI=1S/C43H81N/c1-4-6-8-10-12-14-16-18-20-22-24-26-28-30-32-34-40-44(43-38-36-42(3)37-39-43)41-35-33-31-29-27-25-23-21-19-17-15-13-11-9-7-5-2/h36-39H,4-35,40-41H2,1-3H3/p+1. The third-order valence-corrected chi connectivity index (χ3v) is 10.1. The molecular formula is C43H82N+. The third-order valence-electron chi connectivity index (χ3n) is 10.1. The first-order valence-corrected chi connectivity index (χ1v) is 20.7. The molecule has 0 amide bonds. The van der Waals surface area contributed by atoms with Gasteiger partial charge in [-0.25, -0.2) is 0 Å². The van der Waals surface area contributed by atoms with E-state index in [1.165, 1.54) is 230 Å². The Balaban J connectivity index is 2.01. The highest BCUT2D eigenvalue weighted by Gasteiger charge is 2.11. The summed E-state index contributed by atoms with van der Waals surface area (Å²) in [6.07, 6.45) is 46.5. The predicted octanol–water partition coefficient (Wildman–Crippen LogP) is 14.0. The second-order valence-corrected chi connectivity index (χ2v) is 14.6. The molecule has 0 aromatic heterocycles. The van der Waals surface area contributed by atoms with Crippen molar-refractivity contribution in [3.8, 4) is 0 Å². The lowest BCUT2D eigenvalue weighted by Crippen LogP contribution is -3.07. The van der Waals surface area contributed by atoms with E-state index in [0.717, 1.165) is 0 Å². The van der Waals surface area contributed by atoms with E-state index in [9.17, 15) is 0 Å². The van der Waals surface area contributed by atoms with Gasteiger partial charge >= 0.3 is 0 Å². The minimum atomic E-state index is 1.32. The van der Waals surface area contributed by atoms with Crippen molar-refractivity contribution in [3.05, 3.63) is 29.8 Å². The first-order chi connectivity index (χ1) is 21.8. The Labute approximate surface area is 279 Å². The Morgan fingerprint density at radius 2 is 0.545 bits per heavy atom. The Morgan fingerprint density at radius 1 is 0.318 bits per heavy atom. The summed E-state index contributed by atoms with van der Waals surface area (Å²) in [5.74, 6) is 0. The van der Waals surface area contributed by atoms with Crippen LogP contribution < -0.4 is 4.90 Å². The van der Waals surface area contributed by atoms with E-state index >= 15 is 0 Å². The number of rotatable bonds is 35. The molecular weight excluding hydrogens is 530 g/mol. The first kappa shape index (κ1) is 41.2. The number of nitrogens with one attached hydrogen (secondary N) is 1. The van der Waals surface area contributed by atoms with Gasteiger partial charge in [0.1, 0.15) is 5.69 Å². The van der Waals surface area contributed by atoms with Crippen molar-refractivity contribution >= 4 is 5.69 Å². The molecule has 1 N–H and O–H groups in total. The molecule has 1 aromatic carbocycles. The van der Waals surface area contributed by atoms with Gasteiger partial charge in [-0.15, -0.1) is 0 Å². The van der Waals surface area contributed by atoms with Crippen LogP contribution in [0.3, 0.4) is 0 Å². The number of quaternary nitrogens is 1. The molecule has 0 spiro atoms. The normalized spacial score (nSPS) is 11.6. The van der Waals surface area contributed by atoms with Crippen molar-refractivity contribution in [1.82, 2.24) is 0 Å². The molecule has 0 aliphatic rings. The Kier molecular flexibility index (Phi) is 31.4. The molecule has 0 aliphatic heterocycles. The smallest absolute Gasteiger partial charge is 0.131 e. The van der Waals surface area contributed by atoms with Crippen molar-refractivity contribution in [3.63, 3.8) is 0 Å².